The van der Waals surface area contributed by atoms with Crippen molar-refractivity contribution in [3.8, 4) is 0 Å². The molecule has 1 fully saturated rings. The van der Waals surface area contributed by atoms with Gasteiger partial charge < -0.3 is 9.47 Å². The molecule has 1 aliphatic carbocycles. The summed E-state index contributed by atoms with van der Waals surface area (Å²) < 4.78 is 10.6. The van der Waals surface area contributed by atoms with Crippen molar-refractivity contribution in [1.29, 1.82) is 0 Å². The predicted molar refractivity (Wildman–Crippen MR) is 101 cm³/mol. The van der Waals surface area contributed by atoms with Gasteiger partial charge in [0.2, 0.25) is 0 Å². The van der Waals surface area contributed by atoms with Crippen LogP contribution in [0.3, 0.4) is 0 Å². The van der Waals surface area contributed by atoms with Crippen LogP contribution in [0.5, 0.6) is 0 Å². The molecule has 0 radical (unpaired) electrons. The van der Waals surface area contributed by atoms with Gasteiger partial charge in [0, 0.05) is 5.92 Å². The Morgan fingerprint density at radius 1 is 0.846 bits per heavy atom. The van der Waals surface area contributed by atoms with Crippen LogP contribution in [0.2, 0.25) is 0 Å². The van der Waals surface area contributed by atoms with Gasteiger partial charge in [-0.05, 0) is 32.1 Å². The molecule has 5 nitrogen and oxygen atoms in total. The van der Waals surface area contributed by atoms with Gasteiger partial charge in [0.15, 0.2) is 0 Å². The fraction of sp³-hybridized carbons (Fsp3) is 0.857. The monoisotopic (exact) mass is 368 g/mol. The molecule has 1 saturated carbocycles. The van der Waals surface area contributed by atoms with E-state index in [2.05, 4.69) is 6.92 Å². The molecule has 3 atom stereocenters. The molecular formula is C21H36O5. The molecule has 26 heavy (non-hydrogen) atoms. The number of ether oxygens (including phenoxy) is 2. The molecule has 150 valence electrons. The first kappa shape index (κ1) is 22.7. The quantitative estimate of drug-likeness (QED) is 0.289. The van der Waals surface area contributed by atoms with Crippen molar-refractivity contribution in [3.63, 3.8) is 0 Å². The van der Waals surface area contributed by atoms with Gasteiger partial charge in [-0.3, -0.25) is 14.4 Å². The Hall–Kier alpha value is -1.39. The molecule has 0 spiro atoms. The third kappa shape index (κ3) is 7.46. The highest BCUT2D eigenvalue weighted by Gasteiger charge is 2.43. The summed E-state index contributed by atoms with van der Waals surface area (Å²) in [5, 5.41) is 0. The fourth-order valence-corrected chi connectivity index (χ4v) is 3.40. The van der Waals surface area contributed by atoms with Crippen LogP contribution < -0.4 is 0 Å². The van der Waals surface area contributed by atoms with E-state index in [4.69, 9.17) is 9.47 Å². The molecule has 0 heterocycles. The van der Waals surface area contributed by atoms with Gasteiger partial charge in [0.1, 0.15) is 11.7 Å². The molecule has 0 aliphatic heterocycles. The van der Waals surface area contributed by atoms with E-state index in [1.807, 2.05) is 13.8 Å². The summed E-state index contributed by atoms with van der Waals surface area (Å²) in [5.74, 6) is -2.19. The standard InChI is InChI=1S/C21H36O5/c1-4-7-10-11-16-14-17(20(23)25-12-8-5-2)15-18(19(16)22)21(24)26-13-9-6-3/h16-18H,4-15H2,1-3H3. The van der Waals surface area contributed by atoms with Gasteiger partial charge in [-0.1, -0.05) is 52.9 Å². The highest BCUT2D eigenvalue weighted by Crippen LogP contribution is 2.35. The summed E-state index contributed by atoms with van der Waals surface area (Å²) in [7, 11) is 0. The molecular weight excluding hydrogens is 332 g/mol. The van der Waals surface area contributed by atoms with E-state index in [9.17, 15) is 14.4 Å². The summed E-state index contributed by atoms with van der Waals surface area (Å²) in [6.07, 6.45) is 8.07. The van der Waals surface area contributed by atoms with E-state index in [0.29, 0.717) is 19.6 Å². The van der Waals surface area contributed by atoms with E-state index < -0.39 is 11.9 Å². The number of hydrogen-bond donors (Lipinski definition) is 0. The minimum atomic E-state index is -0.809. The van der Waals surface area contributed by atoms with Crippen molar-refractivity contribution in [2.24, 2.45) is 17.8 Å². The maximum atomic E-state index is 12.8. The van der Waals surface area contributed by atoms with Crippen molar-refractivity contribution < 1.29 is 23.9 Å². The van der Waals surface area contributed by atoms with E-state index in [0.717, 1.165) is 51.4 Å². The number of esters is 2. The molecule has 0 bridgehead atoms. The molecule has 0 aromatic carbocycles. The Balaban J connectivity index is 2.74. The lowest BCUT2D eigenvalue weighted by Gasteiger charge is -2.31. The van der Waals surface area contributed by atoms with Crippen LogP contribution >= 0.6 is 0 Å². The summed E-state index contributed by atoms with van der Waals surface area (Å²) >= 11 is 0. The highest BCUT2D eigenvalue weighted by atomic mass is 16.5. The molecule has 0 N–H and O–H groups in total. The Labute approximate surface area is 158 Å². The number of ketones is 1. The number of carbonyl (C=O) groups excluding carboxylic acids is 3. The van der Waals surface area contributed by atoms with Gasteiger partial charge >= 0.3 is 11.9 Å². The lowest BCUT2D eigenvalue weighted by atomic mass is 9.72. The van der Waals surface area contributed by atoms with E-state index in [-0.39, 0.29) is 30.0 Å². The first-order valence-electron chi connectivity index (χ1n) is 10.4. The molecule has 1 rings (SSSR count). The largest absolute Gasteiger partial charge is 0.465 e. The van der Waals surface area contributed by atoms with Crippen molar-refractivity contribution in [1.82, 2.24) is 0 Å². The smallest absolute Gasteiger partial charge is 0.316 e. The Morgan fingerprint density at radius 2 is 1.42 bits per heavy atom. The van der Waals surface area contributed by atoms with Gasteiger partial charge in [0.25, 0.3) is 0 Å². The van der Waals surface area contributed by atoms with Gasteiger partial charge in [-0.25, -0.2) is 0 Å². The van der Waals surface area contributed by atoms with Crippen molar-refractivity contribution in [3.05, 3.63) is 0 Å². The van der Waals surface area contributed by atoms with Gasteiger partial charge in [-0.15, -0.1) is 0 Å². The number of rotatable bonds is 12. The molecule has 0 aromatic rings. The van der Waals surface area contributed by atoms with E-state index in [1.54, 1.807) is 0 Å². The van der Waals surface area contributed by atoms with Crippen molar-refractivity contribution in [2.45, 2.75) is 85.0 Å². The fourth-order valence-electron chi connectivity index (χ4n) is 3.40. The lowest BCUT2D eigenvalue weighted by molar-refractivity contribution is -0.160. The van der Waals surface area contributed by atoms with Gasteiger partial charge in [0.05, 0.1) is 19.1 Å². The first-order chi connectivity index (χ1) is 12.5. The molecule has 0 amide bonds. The SMILES string of the molecule is CCCCCC1CC(C(=O)OCCCC)CC(C(=O)OCCCC)C1=O. The average molecular weight is 369 g/mol. The summed E-state index contributed by atoms with van der Waals surface area (Å²) in [4.78, 5) is 37.6. The maximum absolute atomic E-state index is 12.8. The minimum Gasteiger partial charge on any atom is -0.465 e. The molecule has 5 heteroatoms. The summed E-state index contributed by atoms with van der Waals surface area (Å²) in [6, 6.07) is 0. The number of hydrogen-bond acceptors (Lipinski definition) is 5. The molecule has 0 aromatic heterocycles. The molecule has 0 saturated heterocycles. The average Bonchev–Trinajstić information content (AvgIpc) is 2.63. The zero-order valence-corrected chi connectivity index (χ0v) is 16.8. The predicted octanol–water partition coefficient (Wildman–Crippen LogP) is 4.46. The third-order valence-electron chi connectivity index (χ3n) is 5.09. The summed E-state index contributed by atoms with van der Waals surface area (Å²) in [6.45, 7) is 6.92. The maximum Gasteiger partial charge on any atom is 0.316 e. The van der Waals surface area contributed by atoms with Crippen LogP contribution in [0.15, 0.2) is 0 Å². The second-order valence-corrected chi connectivity index (χ2v) is 7.36. The van der Waals surface area contributed by atoms with Crippen molar-refractivity contribution in [2.75, 3.05) is 13.2 Å². The van der Waals surface area contributed by atoms with E-state index >= 15 is 0 Å². The Bertz CT molecular complexity index is 446. The normalized spacial score (nSPS) is 22.9. The van der Waals surface area contributed by atoms with Crippen molar-refractivity contribution >= 4 is 17.7 Å². The highest BCUT2D eigenvalue weighted by molar-refractivity contribution is 6.01. The third-order valence-corrected chi connectivity index (χ3v) is 5.09. The Morgan fingerprint density at radius 3 is 2.00 bits per heavy atom. The van der Waals surface area contributed by atoms with Crippen LogP contribution in [0.4, 0.5) is 0 Å². The van der Waals surface area contributed by atoms with Crippen LogP contribution in [0.1, 0.15) is 85.0 Å². The Kier molecular flexibility index (Phi) is 11.2. The first-order valence-corrected chi connectivity index (χ1v) is 10.4. The zero-order chi connectivity index (χ0) is 19.4. The zero-order valence-electron chi connectivity index (χ0n) is 16.8. The molecule has 3 unspecified atom stereocenters. The van der Waals surface area contributed by atoms with Crippen LogP contribution in [0, 0.1) is 17.8 Å². The van der Waals surface area contributed by atoms with Crippen LogP contribution in [-0.2, 0) is 23.9 Å². The second-order valence-electron chi connectivity index (χ2n) is 7.36. The lowest BCUT2D eigenvalue weighted by Crippen LogP contribution is -2.41. The number of carbonyl (C=O) groups is 3. The number of Topliss-reactive ketones (excluding diaryl/α,β-unsaturated/α-hetero) is 1. The second kappa shape index (κ2) is 12.9. The summed E-state index contributed by atoms with van der Waals surface area (Å²) in [5.41, 5.74) is 0. The van der Waals surface area contributed by atoms with E-state index in [1.165, 1.54) is 0 Å². The minimum absolute atomic E-state index is 0.0415. The number of unbranched alkanes of at least 4 members (excludes halogenated alkanes) is 4. The van der Waals surface area contributed by atoms with Gasteiger partial charge in [-0.2, -0.15) is 0 Å². The van der Waals surface area contributed by atoms with Crippen LogP contribution in [-0.4, -0.2) is 30.9 Å². The topological polar surface area (TPSA) is 69.7 Å². The van der Waals surface area contributed by atoms with Crippen LogP contribution in [0.25, 0.3) is 0 Å². The molecule has 1 aliphatic rings.